The minimum Gasteiger partial charge on any atom is -0.416 e. The van der Waals surface area contributed by atoms with Crippen LogP contribution in [0, 0.1) is 0 Å². The molecule has 16 rings (SSSR count). The minimum absolute atomic E-state index is 0.223. The molecule has 3 aromatic heterocycles. The second-order valence-electron chi connectivity index (χ2n) is 20.8. The number of rotatable bonds is 8. The van der Waals surface area contributed by atoms with Crippen LogP contribution < -0.4 is 9.80 Å². The smallest absolute Gasteiger partial charge is 0.265 e. The van der Waals surface area contributed by atoms with Gasteiger partial charge in [-0.15, -0.1) is 10.2 Å². The summed E-state index contributed by atoms with van der Waals surface area (Å²) in [6.07, 6.45) is 0. The normalized spacial score (nSPS) is 13.3. The van der Waals surface area contributed by atoms with Crippen LogP contribution in [0.5, 0.6) is 0 Å². The van der Waals surface area contributed by atoms with Gasteiger partial charge in [-0.25, -0.2) is 9.80 Å². The van der Waals surface area contributed by atoms with E-state index in [9.17, 15) is 19.2 Å². The molecule has 0 fully saturated rings. The standard InChI is InChI=1S/C70H42N6O5/c1-73-59-19-7-5-13-49(59)51-31-25-44(38-62(51)73)48-33-35-57-64-53(48)16-10-18-55(64)68(78)76(70(57)80)46-29-23-42(24-30-46)66-72-71-65(81-66)41-21-27-45(28-22-41)75-67(77)54-17-9-15-52-47(32-34-56(63(52)54)69(75)79)43-26-36-61-58(37-43)50-14-6-8-20-60(50)74(61)39-40-11-3-2-4-12-40/h2-38H,39H2,1H3. The lowest BCUT2D eigenvalue weighted by atomic mass is 9.88. The molecule has 81 heavy (non-hydrogen) atoms. The Bertz CT molecular complexity index is 5030. The van der Waals surface area contributed by atoms with Gasteiger partial charge in [-0.1, -0.05) is 121 Å². The average molecular weight is 1050 g/mol. The van der Waals surface area contributed by atoms with Crippen LogP contribution in [-0.4, -0.2) is 43.0 Å². The quantitative estimate of drug-likeness (QED) is 0.139. The molecule has 5 heterocycles. The lowest BCUT2D eigenvalue weighted by molar-refractivity contribution is 0.0877. The van der Waals surface area contributed by atoms with Gasteiger partial charge in [0.05, 0.1) is 11.4 Å². The average Bonchev–Trinajstić information content (AvgIpc) is 4.39. The molecule has 0 spiro atoms. The minimum atomic E-state index is -0.416. The highest BCUT2D eigenvalue weighted by molar-refractivity contribution is 6.38. The van der Waals surface area contributed by atoms with Crippen molar-refractivity contribution in [2.75, 3.05) is 9.80 Å². The number of hydrogen-bond acceptors (Lipinski definition) is 7. The molecule has 14 aromatic rings. The molecular weight excluding hydrogens is 1000 g/mol. The van der Waals surface area contributed by atoms with Crippen molar-refractivity contribution in [1.82, 2.24) is 19.3 Å². The zero-order valence-electron chi connectivity index (χ0n) is 43.3. The van der Waals surface area contributed by atoms with Crippen LogP contribution >= 0.6 is 0 Å². The van der Waals surface area contributed by atoms with Gasteiger partial charge in [-0.05, 0) is 142 Å². The van der Waals surface area contributed by atoms with E-state index < -0.39 is 23.6 Å². The maximum absolute atomic E-state index is 14.5. The maximum Gasteiger partial charge on any atom is 0.265 e. The number of hydrogen-bond donors (Lipinski definition) is 0. The Labute approximate surface area is 461 Å². The summed E-state index contributed by atoms with van der Waals surface area (Å²) in [6, 6.07) is 72.8. The fraction of sp³-hybridized carbons (Fsp3) is 0.0286. The number of carbonyl (C=O) groups excluding carboxylic acids is 4. The first-order chi connectivity index (χ1) is 39.8. The van der Waals surface area contributed by atoms with Crippen LogP contribution in [0.3, 0.4) is 0 Å². The van der Waals surface area contributed by atoms with Gasteiger partial charge in [0.1, 0.15) is 0 Å². The summed E-state index contributed by atoms with van der Waals surface area (Å²) in [5, 5.41) is 16.2. The summed E-state index contributed by atoms with van der Waals surface area (Å²) in [5.74, 6) is -1.21. The second-order valence-corrected chi connectivity index (χ2v) is 20.8. The summed E-state index contributed by atoms with van der Waals surface area (Å²) >= 11 is 0. The second kappa shape index (κ2) is 17.5. The molecule has 11 aromatic carbocycles. The summed E-state index contributed by atoms with van der Waals surface area (Å²) in [5.41, 5.74) is 13.3. The molecular formula is C70H42N6O5. The van der Waals surface area contributed by atoms with Crippen LogP contribution in [0.1, 0.15) is 47.0 Å². The molecule has 0 saturated heterocycles. The molecule has 11 nitrogen and oxygen atoms in total. The van der Waals surface area contributed by atoms with Gasteiger partial charge < -0.3 is 13.6 Å². The Hall–Kier alpha value is -11.0. The van der Waals surface area contributed by atoms with Crippen molar-refractivity contribution in [3.05, 3.63) is 252 Å². The van der Waals surface area contributed by atoms with Gasteiger partial charge in [0.25, 0.3) is 23.6 Å². The van der Waals surface area contributed by atoms with Gasteiger partial charge in [0.2, 0.25) is 11.8 Å². The molecule has 4 amide bonds. The number of aromatic nitrogens is 4. The molecule has 0 saturated carbocycles. The third-order valence-corrected chi connectivity index (χ3v) is 16.5. The lowest BCUT2D eigenvalue weighted by Crippen LogP contribution is -2.40. The van der Waals surface area contributed by atoms with E-state index >= 15 is 0 Å². The topological polar surface area (TPSA) is 124 Å². The number of anilines is 2. The van der Waals surface area contributed by atoms with E-state index in [0.29, 0.717) is 55.5 Å². The highest BCUT2D eigenvalue weighted by Gasteiger charge is 2.36. The highest BCUT2D eigenvalue weighted by atomic mass is 16.4. The zero-order valence-corrected chi connectivity index (χ0v) is 43.3. The van der Waals surface area contributed by atoms with Crippen molar-refractivity contribution in [2.24, 2.45) is 7.05 Å². The van der Waals surface area contributed by atoms with Gasteiger partial charge in [0, 0.05) is 101 Å². The number of amides is 4. The predicted molar refractivity (Wildman–Crippen MR) is 319 cm³/mol. The summed E-state index contributed by atoms with van der Waals surface area (Å²) in [4.78, 5) is 60.0. The van der Waals surface area contributed by atoms with Gasteiger partial charge in [0.15, 0.2) is 0 Å². The van der Waals surface area contributed by atoms with Crippen LogP contribution in [0.4, 0.5) is 11.4 Å². The van der Waals surface area contributed by atoms with E-state index in [0.717, 1.165) is 77.8 Å². The summed E-state index contributed by atoms with van der Waals surface area (Å²) in [6.45, 7) is 0.738. The van der Waals surface area contributed by atoms with Crippen molar-refractivity contribution < 1.29 is 23.6 Å². The first kappa shape index (κ1) is 46.1. The molecule has 2 aliphatic rings. The first-order valence-corrected chi connectivity index (χ1v) is 26.7. The van der Waals surface area contributed by atoms with E-state index in [4.69, 9.17) is 4.42 Å². The van der Waals surface area contributed by atoms with E-state index in [2.05, 4.69) is 130 Å². The first-order valence-electron chi connectivity index (χ1n) is 26.7. The van der Waals surface area contributed by atoms with Crippen LogP contribution in [-0.2, 0) is 13.6 Å². The number of carbonyl (C=O) groups is 4. The Balaban J connectivity index is 0.646. The van der Waals surface area contributed by atoms with Crippen LogP contribution in [0.15, 0.2) is 229 Å². The monoisotopic (exact) mass is 1050 g/mol. The van der Waals surface area contributed by atoms with Crippen molar-refractivity contribution >= 4 is 100 Å². The van der Waals surface area contributed by atoms with Crippen molar-refractivity contribution in [2.45, 2.75) is 6.54 Å². The number of aryl methyl sites for hydroxylation is 1. The van der Waals surface area contributed by atoms with Gasteiger partial charge in [-0.2, -0.15) is 0 Å². The van der Waals surface area contributed by atoms with Crippen molar-refractivity contribution in [1.29, 1.82) is 0 Å². The zero-order chi connectivity index (χ0) is 54.2. The molecule has 0 unspecified atom stereocenters. The molecule has 0 bridgehead atoms. The lowest BCUT2D eigenvalue weighted by Gasteiger charge is -2.28. The highest BCUT2D eigenvalue weighted by Crippen LogP contribution is 2.43. The maximum atomic E-state index is 14.5. The van der Waals surface area contributed by atoms with E-state index in [1.54, 1.807) is 60.7 Å². The number of para-hydroxylation sites is 2. The molecule has 0 aliphatic carbocycles. The molecule has 11 heteroatoms. The molecule has 2 aliphatic heterocycles. The van der Waals surface area contributed by atoms with E-state index in [1.165, 1.54) is 20.7 Å². The number of imide groups is 2. The molecule has 0 atom stereocenters. The molecule has 0 N–H and O–H groups in total. The third kappa shape index (κ3) is 6.88. The molecule has 382 valence electrons. The number of nitrogens with zero attached hydrogens (tertiary/aromatic N) is 6. The summed E-state index contributed by atoms with van der Waals surface area (Å²) < 4.78 is 10.7. The summed E-state index contributed by atoms with van der Waals surface area (Å²) in [7, 11) is 2.07. The Morgan fingerprint density at radius 2 is 0.778 bits per heavy atom. The third-order valence-electron chi connectivity index (χ3n) is 16.5. The largest absolute Gasteiger partial charge is 0.416 e. The Morgan fingerprint density at radius 1 is 0.346 bits per heavy atom. The SMILES string of the molecule is Cn1c2ccccc2c2ccc(-c3ccc4c5c(cccc35)C(=O)N(c3ccc(-c5nnc(-c6ccc(N7C(=O)c8cccc9c(-c%10ccc%11c(c%10)c%10ccccc%10n%11Cc%10ccccc%10)ccc(c89)C7=O)cc6)o5)cc3)C4=O)cc21. The van der Waals surface area contributed by atoms with Crippen LogP contribution in [0.2, 0.25) is 0 Å². The Morgan fingerprint density at radius 3 is 1.36 bits per heavy atom. The van der Waals surface area contributed by atoms with Crippen molar-refractivity contribution in [3.8, 4) is 45.2 Å². The van der Waals surface area contributed by atoms with Crippen molar-refractivity contribution in [3.63, 3.8) is 0 Å². The Kier molecular flexibility index (Phi) is 9.95. The van der Waals surface area contributed by atoms with Crippen LogP contribution in [0.25, 0.3) is 110 Å². The molecule has 0 radical (unpaired) electrons. The van der Waals surface area contributed by atoms with E-state index in [1.807, 2.05) is 60.7 Å². The van der Waals surface area contributed by atoms with E-state index in [-0.39, 0.29) is 11.8 Å². The van der Waals surface area contributed by atoms with Gasteiger partial charge >= 0.3 is 0 Å². The fourth-order valence-corrected chi connectivity index (χ4v) is 12.6. The predicted octanol–water partition coefficient (Wildman–Crippen LogP) is 15.4. The van der Waals surface area contributed by atoms with Gasteiger partial charge in [-0.3, -0.25) is 19.2 Å². The number of benzene rings is 11. The number of fused-ring (bicyclic) bond motifs is 6. The fourth-order valence-electron chi connectivity index (χ4n) is 12.6.